The SMILES string of the molecule is C[C@@H](CC(C)(C)C)OC(C)(C)C. The van der Waals surface area contributed by atoms with Crippen LogP contribution in [0, 0.1) is 5.41 Å². The lowest BCUT2D eigenvalue weighted by Gasteiger charge is -2.29. The van der Waals surface area contributed by atoms with Crippen molar-refractivity contribution in [3.05, 3.63) is 0 Å². The molecule has 0 aliphatic carbocycles. The third-order valence-electron chi connectivity index (χ3n) is 1.45. The van der Waals surface area contributed by atoms with Crippen molar-refractivity contribution in [3.63, 3.8) is 0 Å². The van der Waals surface area contributed by atoms with Crippen LogP contribution in [-0.2, 0) is 4.74 Å². The summed E-state index contributed by atoms with van der Waals surface area (Å²) < 4.78 is 5.81. The van der Waals surface area contributed by atoms with Gasteiger partial charge in [-0.3, -0.25) is 0 Å². The van der Waals surface area contributed by atoms with E-state index >= 15 is 0 Å². The van der Waals surface area contributed by atoms with Crippen molar-refractivity contribution in [3.8, 4) is 0 Å². The molecule has 0 amide bonds. The Morgan fingerprint density at radius 3 is 1.67 bits per heavy atom. The summed E-state index contributed by atoms with van der Waals surface area (Å²) in [4.78, 5) is 0. The normalized spacial score (nSPS) is 16.2. The minimum absolute atomic E-state index is 0.00926. The van der Waals surface area contributed by atoms with Crippen molar-refractivity contribution >= 4 is 0 Å². The molecule has 0 unspecified atom stereocenters. The Labute approximate surface area is 77.5 Å². The highest BCUT2D eigenvalue weighted by molar-refractivity contribution is 4.69. The summed E-state index contributed by atoms with van der Waals surface area (Å²) in [6.07, 6.45) is 1.47. The molecule has 0 N–H and O–H groups in total. The maximum atomic E-state index is 5.81. The largest absolute Gasteiger partial charge is 0.373 e. The minimum atomic E-state index is -0.00926. The highest BCUT2D eigenvalue weighted by Crippen LogP contribution is 2.24. The lowest BCUT2D eigenvalue weighted by Crippen LogP contribution is -2.28. The molecule has 0 spiro atoms. The minimum Gasteiger partial charge on any atom is -0.373 e. The Balaban J connectivity index is 3.83. The second-order valence-corrected chi connectivity index (χ2v) is 5.81. The van der Waals surface area contributed by atoms with Crippen LogP contribution in [0.5, 0.6) is 0 Å². The monoisotopic (exact) mass is 172 g/mol. The molecule has 0 bridgehead atoms. The summed E-state index contributed by atoms with van der Waals surface area (Å²) in [7, 11) is 0. The molecule has 0 radical (unpaired) electrons. The molecule has 0 aliphatic rings. The topological polar surface area (TPSA) is 9.23 Å². The molecule has 0 fully saturated rings. The van der Waals surface area contributed by atoms with E-state index in [2.05, 4.69) is 48.5 Å². The van der Waals surface area contributed by atoms with E-state index < -0.39 is 0 Å². The highest BCUT2D eigenvalue weighted by Gasteiger charge is 2.20. The van der Waals surface area contributed by atoms with Gasteiger partial charge in [0, 0.05) is 0 Å². The Bertz CT molecular complexity index is 109. The van der Waals surface area contributed by atoms with Gasteiger partial charge in [0.2, 0.25) is 0 Å². The molecule has 0 heterocycles. The zero-order valence-electron chi connectivity index (χ0n) is 9.69. The van der Waals surface area contributed by atoms with Gasteiger partial charge in [0.1, 0.15) is 0 Å². The van der Waals surface area contributed by atoms with Gasteiger partial charge in [-0.1, -0.05) is 20.8 Å². The molecule has 74 valence electrons. The Morgan fingerprint density at radius 2 is 1.42 bits per heavy atom. The second kappa shape index (κ2) is 3.78. The van der Waals surface area contributed by atoms with Crippen molar-refractivity contribution in [2.75, 3.05) is 0 Å². The van der Waals surface area contributed by atoms with E-state index in [1.54, 1.807) is 0 Å². The molecule has 0 aliphatic heterocycles. The van der Waals surface area contributed by atoms with Crippen molar-refractivity contribution in [1.29, 1.82) is 0 Å². The fraction of sp³-hybridized carbons (Fsp3) is 1.00. The van der Waals surface area contributed by atoms with Crippen LogP contribution in [0.1, 0.15) is 54.9 Å². The van der Waals surface area contributed by atoms with Crippen molar-refractivity contribution in [2.45, 2.75) is 66.6 Å². The van der Waals surface area contributed by atoms with Crippen LogP contribution in [-0.4, -0.2) is 11.7 Å². The molecule has 0 rings (SSSR count). The quantitative estimate of drug-likeness (QED) is 0.618. The van der Waals surface area contributed by atoms with Crippen LogP contribution in [0.2, 0.25) is 0 Å². The van der Waals surface area contributed by atoms with Gasteiger partial charge in [0.05, 0.1) is 11.7 Å². The van der Waals surface area contributed by atoms with Crippen molar-refractivity contribution in [1.82, 2.24) is 0 Å². The molecule has 0 aromatic rings. The van der Waals surface area contributed by atoms with Gasteiger partial charge in [-0.2, -0.15) is 0 Å². The fourth-order valence-electron chi connectivity index (χ4n) is 1.51. The van der Waals surface area contributed by atoms with Crippen molar-refractivity contribution < 1.29 is 4.74 Å². The van der Waals surface area contributed by atoms with Crippen LogP contribution in [0.3, 0.4) is 0 Å². The third kappa shape index (κ3) is 8.06. The van der Waals surface area contributed by atoms with Crippen LogP contribution < -0.4 is 0 Å². The van der Waals surface area contributed by atoms with Crippen LogP contribution in [0.4, 0.5) is 0 Å². The average molecular weight is 172 g/mol. The molecule has 0 saturated carbocycles. The lowest BCUT2D eigenvalue weighted by atomic mass is 9.89. The third-order valence-corrected chi connectivity index (χ3v) is 1.45. The molecule has 1 atom stereocenters. The van der Waals surface area contributed by atoms with Crippen LogP contribution in [0.25, 0.3) is 0 Å². The second-order valence-electron chi connectivity index (χ2n) is 5.81. The molecular weight excluding hydrogens is 148 g/mol. The lowest BCUT2D eigenvalue weighted by molar-refractivity contribution is -0.0650. The van der Waals surface area contributed by atoms with E-state index in [4.69, 9.17) is 4.74 Å². The summed E-state index contributed by atoms with van der Waals surface area (Å²) in [5, 5.41) is 0. The molecule has 0 aromatic carbocycles. The summed E-state index contributed by atoms with van der Waals surface area (Å²) in [5.41, 5.74) is 0.356. The van der Waals surface area contributed by atoms with Gasteiger partial charge < -0.3 is 4.74 Å². The zero-order valence-corrected chi connectivity index (χ0v) is 9.69. The number of hydrogen-bond donors (Lipinski definition) is 0. The highest BCUT2D eigenvalue weighted by atomic mass is 16.5. The molecule has 1 heteroatoms. The van der Waals surface area contributed by atoms with Gasteiger partial charge in [-0.15, -0.1) is 0 Å². The van der Waals surface area contributed by atoms with Crippen molar-refractivity contribution in [2.24, 2.45) is 5.41 Å². The van der Waals surface area contributed by atoms with Crippen LogP contribution >= 0.6 is 0 Å². The molecule has 0 aromatic heterocycles. The Kier molecular flexibility index (Phi) is 3.77. The number of ether oxygens (including phenoxy) is 1. The average Bonchev–Trinajstić information content (AvgIpc) is 1.49. The van der Waals surface area contributed by atoms with Gasteiger partial charge in [0.25, 0.3) is 0 Å². The summed E-state index contributed by atoms with van der Waals surface area (Å²) in [5.74, 6) is 0. The van der Waals surface area contributed by atoms with E-state index in [1.165, 1.54) is 0 Å². The summed E-state index contributed by atoms with van der Waals surface area (Å²) in [6, 6.07) is 0. The smallest absolute Gasteiger partial charge is 0.0602 e. The standard InChI is InChI=1S/C11H24O/c1-9(8-10(2,3)4)12-11(5,6)7/h9H,8H2,1-7H3/t9-/m0/s1. The van der Waals surface area contributed by atoms with Gasteiger partial charge in [-0.25, -0.2) is 0 Å². The van der Waals surface area contributed by atoms with Gasteiger partial charge in [0.15, 0.2) is 0 Å². The van der Waals surface area contributed by atoms with Gasteiger partial charge >= 0.3 is 0 Å². The molecular formula is C11H24O. The van der Waals surface area contributed by atoms with E-state index in [0.717, 1.165) is 6.42 Å². The zero-order chi connectivity index (χ0) is 9.99. The van der Waals surface area contributed by atoms with E-state index in [9.17, 15) is 0 Å². The fourth-order valence-corrected chi connectivity index (χ4v) is 1.51. The first-order valence-corrected chi connectivity index (χ1v) is 4.78. The predicted molar refractivity (Wildman–Crippen MR) is 54.4 cm³/mol. The number of hydrogen-bond acceptors (Lipinski definition) is 1. The van der Waals surface area contributed by atoms with E-state index in [-0.39, 0.29) is 5.60 Å². The Hall–Kier alpha value is -0.0400. The van der Waals surface area contributed by atoms with Crippen LogP contribution in [0.15, 0.2) is 0 Å². The predicted octanol–water partition coefficient (Wildman–Crippen LogP) is 3.63. The van der Waals surface area contributed by atoms with E-state index in [1.807, 2.05) is 0 Å². The summed E-state index contributed by atoms with van der Waals surface area (Å²) >= 11 is 0. The van der Waals surface area contributed by atoms with E-state index in [0.29, 0.717) is 11.5 Å². The summed E-state index contributed by atoms with van der Waals surface area (Å²) in [6.45, 7) is 15.2. The number of rotatable bonds is 2. The van der Waals surface area contributed by atoms with Gasteiger partial charge in [-0.05, 0) is 39.5 Å². The Morgan fingerprint density at radius 1 is 1.00 bits per heavy atom. The maximum absolute atomic E-state index is 5.81. The molecule has 12 heavy (non-hydrogen) atoms. The first-order chi connectivity index (χ1) is 5.10. The maximum Gasteiger partial charge on any atom is 0.0602 e. The first kappa shape index (κ1) is 12.0. The first-order valence-electron chi connectivity index (χ1n) is 4.78. The molecule has 1 nitrogen and oxygen atoms in total. The molecule has 0 saturated heterocycles.